The smallest absolute Gasteiger partial charge is 0.290 e. The van der Waals surface area contributed by atoms with Crippen LogP contribution in [0.15, 0.2) is 39.1 Å². The van der Waals surface area contributed by atoms with E-state index in [2.05, 4.69) is 9.97 Å². The predicted octanol–water partition coefficient (Wildman–Crippen LogP) is 1.44. The summed E-state index contributed by atoms with van der Waals surface area (Å²) in [4.78, 5) is 37.1. The van der Waals surface area contributed by atoms with Gasteiger partial charge in [-0.25, -0.2) is 0 Å². The summed E-state index contributed by atoms with van der Waals surface area (Å²) < 4.78 is 0. The van der Waals surface area contributed by atoms with Crippen LogP contribution in [0.4, 0.5) is 11.4 Å². The first kappa shape index (κ1) is 14.5. The summed E-state index contributed by atoms with van der Waals surface area (Å²) in [6.07, 6.45) is 0. The third kappa shape index (κ3) is 3.33. The highest BCUT2D eigenvalue weighted by molar-refractivity contribution is 7.99. The minimum Gasteiger partial charge on any atom is -0.493 e. The third-order valence-corrected chi connectivity index (χ3v) is 3.21. The van der Waals surface area contributed by atoms with Crippen LogP contribution in [0.5, 0.6) is 5.88 Å². The summed E-state index contributed by atoms with van der Waals surface area (Å²) in [5, 5.41) is 30.7. The van der Waals surface area contributed by atoms with E-state index in [1.807, 2.05) is 0 Å². The number of nitrogens with zero attached hydrogens (tertiary/aromatic N) is 3. The fraction of sp³-hybridized carbons (Fsp3) is 0. The van der Waals surface area contributed by atoms with Crippen LogP contribution >= 0.6 is 11.8 Å². The van der Waals surface area contributed by atoms with Gasteiger partial charge in [-0.15, -0.1) is 0 Å². The average molecular weight is 310 g/mol. The van der Waals surface area contributed by atoms with E-state index in [1.54, 1.807) is 0 Å². The van der Waals surface area contributed by atoms with Gasteiger partial charge in [0.25, 0.3) is 16.9 Å². The van der Waals surface area contributed by atoms with E-state index < -0.39 is 32.7 Å². The van der Waals surface area contributed by atoms with Crippen molar-refractivity contribution in [2.24, 2.45) is 0 Å². The molecule has 2 rings (SSSR count). The van der Waals surface area contributed by atoms with Crippen molar-refractivity contribution in [2.75, 3.05) is 0 Å². The second kappa shape index (κ2) is 5.58. The monoisotopic (exact) mass is 310 g/mol. The predicted molar refractivity (Wildman–Crippen MR) is 70.4 cm³/mol. The molecule has 2 N–H and O–H groups in total. The lowest BCUT2D eigenvalue weighted by Gasteiger charge is -2.02. The number of aromatic hydroxyl groups is 1. The van der Waals surface area contributed by atoms with Crippen LogP contribution in [0.1, 0.15) is 0 Å². The van der Waals surface area contributed by atoms with Gasteiger partial charge in [0.1, 0.15) is 0 Å². The Bertz CT molecular complexity index is 789. The molecule has 0 radical (unpaired) electrons. The lowest BCUT2D eigenvalue weighted by molar-refractivity contribution is -0.396. The minimum absolute atomic E-state index is 0.0411. The van der Waals surface area contributed by atoms with Gasteiger partial charge < -0.3 is 10.1 Å². The van der Waals surface area contributed by atoms with E-state index >= 15 is 0 Å². The van der Waals surface area contributed by atoms with E-state index in [9.17, 15) is 30.1 Å². The zero-order chi connectivity index (χ0) is 15.6. The van der Waals surface area contributed by atoms with E-state index in [-0.39, 0.29) is 10.1 Å². The molecule has 0 aliphatic rings. The summed E-state index contributed by atoms with van der Waals surface area (Å²) in [6.45, 7) is 0. The Labute approximate surface area is 119 Å². The van der Waals surface area contributed by atoms with Crippen molar-refractivity contribution in [2.45, 2.75) is 10.1 Å². The van der Waals surface area contributed by atoms with Crippen LogP contribution in [-0.2, 0) is 0 Å². The molecule has 1 heterocycles. The lowest BCUT2D eigenvalue weighted by Crippen LogP contribution is -2.06. The highest BCUT2D eigenvalue weighted by Crippen LogP contribution is 2.35. The fourth-order valence-corrected chi connectivity index (χ4v) is 2.30. The summed E-state index contributed by atoms with van der Waals surface area (Å²) >= 11 is 0.700. The van der Waals surface area contributed by atoms with E-state index in [0.29, 0.717) is 11.8 Å². The highest BCUT2D eigenvalue weighted by Gasteiger charge is 2.21. The molecule has 0 saturated heterocycles. The van der Waals surface area contributed by atoms with Gasteiger partial charge in [-0.05, 0) is 17.8 Å². The van der Waals surface area contributed by atoms with Crippen molar-refractivity contribution in [1.29, 1.82) is 0 Å². The van der Waals surface area contributed by atoms with Gasteiger partial charge in [0.2, 0.25) is 5.88 Å². The van der Waals surface area contributed by atoms with Gasteiger partial charge in [0, 0.05) is 6.07 Å². The fourth-order valence-electron chi connectivity index (χ4n) is 1.42. The van der Waals surface area contributed by atoms with E-state index in [0.717, 1.165) is 18.2 Å². The third-order valence-electron chi connectivity index (χ3n) is 2.26. The van der Waals surface area contributed by atoms with Crippen molar-refractivity contribution >= 4 is 23.1 Å². The van der Waals surface area contributed by atoms with Crippen molar-refractivity contribution in [3.8, 4) is 5.88 Å². The molecular weight excluding hydrogens is 304 g/mol. The molecule has 0 aliphatic heterocycles. The standard InChI is InChI=1S/C10H6N4O6S/c15-8-4-9(16)12-10(11-8)21-7-2-1-5(13(17)18)3-6(7)14(19)20/h1-4H,(H2,11,12,15,16). The molecule has 1 aromatic heterocycles. The zero-order valence-corrected chi connectivity index (χ0v) is 10.9. The Morgan fingerprint density at radius 3 is 2.48 bits per heavy atom. The van der Waals surface area contributed by atoms with Gasteiger partial charge in [0.05, 0.1) is 26.9 Å². The second-order valence-electron chi connectivity index (χ2n) is 3.68. The largest absolute Gasteiger partial charge is 0.493 e. The van der Waals surface area contributed by atoms with Crippen molar-refractivity contribution in [3.63, 3.8) is 0 Å². The van der Waals surface area contributed by atoms with Gasteiger partial charge in [-0.1, -0.05) is 0 Å². The number of nitro groups is 2. The number of H-pyrrole nitrogens is 1. The molecular formula is C10H6N4O6S. The summed E-state index contributed by atoms with van der Waals surface area (Å²) in [6, 6.07) is 3.92. The lowest BCUT2D eigenvalue weighted by atomic mass is 10.3. The van der Waals surface area contributed by atoms with Crippen LogP contribution in [0.3, 0.4) is 0 Å². The van der Waals surface area contributed by atoms with Gasteiger partial charge >= 0.3 is 0 Å². The number of nitro benzene ring substituents is 2. The number of benzene rings is 1. The number of hydrogen-bond donors (Lipinski definition) is 2. The highest BCUT2D eigenvalue weighted by atomic mass is 32.2. The number of aromatic amines is 1. The normalized spacial score (nSPS) is 10.3. The molecule has 0 unspecified atom stereocenters. The van der Waals surface area contributed by atoms with Crippen LogP contribution in [0.2, 0.25) is 0 Å². The summed E-state index contributed by atoms with van der Waals surface area (Å²) in [5.74, 6) is -0.536. The Morgan fingerprint density at radius 2 is 1.90 bits per heavy atom. The van der Waals surface area contributed by atoms with Crippen molar-refractivity contribution in [1.82, 2.24) is 9.97 Å². The van der Waals surface area contributed by atoms with E-state index in [1.165, 1.54) is 6.07 Å². The molecule has 0 spiro atoms. The van der Waals surface area contributed by atoms with Gasteiger partial charge in [0.15, 0.2) is 5.16 Å². The number of nitrogens with one attached hydrogen (secondary N) is 1. The molecule has 0 aliphatic carbocycles. The van der Waals surface area contributed by atoms with Gasteiger partial charge in [-0.2, -0.15) is 4.98 Å². The molecule has 0 atom stereocenters. The number of non-ortho nitro benzene ring substituents is 1. The molecule has 1 aromatic carbocycles. The molecule has 0 amide bonds. The Kier molecular flexibility index (Phi) is 3.84. The van der Waals surface area contributed by atoms with Gasteiger partial charge in [-0.3, -0.25) is 25.0 Å². The summed E-state index contributed by atoms with van der Waals surface area (Å²) in [5.41, 5.74) is -1.56. The Hall–Kier alpha value is -2.95. The first-order valence-corrected chi connectivity index (χ1v) is 6.09. The maximum atomic E-state index is 11.2. The maximum Gasteiger partial charge on any atom is 0.290 e. The molecule has 0 fully saturated rings. The van der Waals surface area contributed by atoms with Crippen molar-refractivity contribution < 1.29 is 15.0 Å². The number of rotatable bonds is 4. The Balaban J connectivity index is 2.46. The molecule has 108 valence electrons. The summed E-state index contributed by atoms with van der Waals surface area (Å²) in [7, 11) is 0. The first-order valence-electron chi connectivity index (χ1n) is 5.28. The van der Waals surface area contributed by atoms with E-state index in [4.69, 9.17) is 0 Å². The first-order chi connectivity index (χ1) is 9.86. The zero-order valence-electron chi connectivity index (χ0n) is 10.0. The molecule has 2 aromatic rings. The molecule has 0 bridgehead atoms. The average Bonchev–Trinajstić information content (AvgIpc) is 2.37. The van der Waals surface area contributed by atoms with Crippen molar-refractivity contribution in [3.05, 3.63) is 54.8 Å². The van der Waals surface area contributed by atoms with Crippen LogP contribution < -0.4 is 5.56 Å². The van der Waals surface area contributed by atoms with Crippen LogP contribution in [0, 0.1) is 20.2 Å². The number of hydrogen-bond acceptors (Lipinski definition) is 8. The van der Waals surface area contributed by atoms with Crippen LogP contribution in [0.25, 0.3) is 0 Å². The SMILES string of the molecule is O=c1cc(O)nc(Sc2ccc([N+](=O)[O-])cc2[N+](=O)[O-])[nH]1. The van der Waals surface area contributed by atoms with Crippen LogP contribution in [-0.4, -0.2) is 24.9 Å². The quantitative estimate of drug-likeness (QED) is 0.488. The molecule has 10 nitrogen and oxygen atoms in total. The molecule has 21 heavy (non-hydrogen) atoms. The maximum absolute atomic E-state index is 11.2. The molecule has 11 heteroatoms. The molecule has 0 saturated carbocycles. The second-order valence-corrected chi connectivity index (χ2v) is 4.71. The number of aromatic nitrogens is 2. The topological polar surface area (TPSA) is 152 Å². The minimum atomic E-state index is -0.782. The Morgan fingerprint density at radius 1 is 1.19 bits per heavy atom.